The smallest absolute Gasteiger partial charge is 0.251 e. The normalized spacial score (nSPS) is 18.6. The number of rotatable bonds is 6. The largest absolute Gasteiger partial charge is 0.352 e. The number of nitrogens with one attached hydrogen (secondary N) is 2. The molecule has 9 heteroatoms. The van der Waals surface area contributed by atoms with Crippen molar-refractivity contribution < 1.29 is 13.2 Å². The average molecular weight is 424 g/mol. The molecular formula is C20H33N5O3S. The molecule has 0 unspecified atom stereocenters. The van der Waals surface area contributed by atoms with E-state index in [1.807, 2.05) is 42.1 Å². The van der Waals surface area contributed by atoms with Crippen molar-refractivity contribution >= 4 is 21.7 Å². The number of likely N-dealkylation sites (N-methyl/N-ethyl adjacent to an activating group) is 1. The molecule has 1 aliphatic heterocycles. The number of nitrogens with zero attached hydrogens (tertiary/aromatic N) is 3. The van der Waals surface area contributed by atoms with Gasteiger partial charge in [0.2, 0.25) is 0 Å². The zero-order valence-corrected chi connectivity index (χ0v) is 18.8. The van der Waals surface area contributed by atoms with Crippen molar-refractivity contribution in [2.24, 2.45) is 4.99 Å². The predicted molar refractivity (Wildman–Crippen MR) is 117 cm³/mol. The van der Waals surface area contributed by atoms with E-state index in [-0.39, 0.29) is 11.7 Å². The fourth-order valence-electron chi connectivity index (χ4n) is 3.16. The van der Waals surface area contributed by atoms with E-state index >= 15 is 0 Å². The molecular weight excluding hydrogens is 390 g/mol. The van der Waals surface area contributed by atoms with Crippen LogP contribution in [0, 0.1) is 0 Å². The number of benzene rings is 1. The van der Waals surface area contributed by atoms with Crippen LogP contribution in [0.5, 0.6) is 0 Å². The van der Waals surface area contributed by atoms with Crippen LogP contribution in [0.3, 0.4) is 0 Å². The van der Waals surface area contributed by atoms with E-state index in [9.17, 15) is 13.2 Å². The Balaban J connectivity index is 1.97. The first kappa shape index (κ1) is 23.2. The van der Waals surface area contributed by atoms with Crippen molar-refractivity contribution in [1.82, 2.24) is 20.4 Å². The fraction of sp³-hybridized carbons (Fsp3) is 0.600. The number of hydrogen-bond acceptors (Lipinski definition) is 5. The molecule has 1 fully saturated rings. The topological polar surface area (TPSA) is 94.1 Å². The summed E-state index contributed by atoms with van der Waals surface area (Å²) in [6.07, 6.45) is 0. The molecule has 2 N–H and O–H groups in total. The van der Waals surface area contributed by atoms with Crippen LogP contribution in [0.2, 0.25) is 0 Å². The van der Waals surface area contributed by atoms with Crippen LogP contribution >= 0.6 is 0 Å². The van der Waals surface area contributed by atoms with E-state index in [0.717, 1.165) is 12.1 Å². The van der Waals surface area contributed by atoms with Gasteiger partial charge in [-0.1, -0.05) is 12.1 Å². The Labute approximate surface area is 174 Å². The Hall–Kier alpha value is -2.13. The van der Waals surface area contributed by atoms with Crippen LogP contribution in [0.15, 0.2) is 29.3 Å². The monoisotopic (exact) mass is 423 g/mol. The number of guanidine groups is 1. The summed E-state index contributed by atoms with van der Waals surface area (Å²) in [5, 5.41) is 6.20. The van der Waals surface area contributed by atoms with Crippen LogP contribution in [0.25, 0.3) is 0 Å². The maximum absolute atomic E-state index is 12.3. The summed E-state index contributed by atoms with van der Waals surface area (Å²) in [7, 11) is 2.51. The van der Waals surface area contributed by atoms with Gasteiger partial charge < -0.3 is 20.4 Å². The summed E-state index contributed by atoms with van der Waals surface area (Å²) in [5.41, 5.74) is 1.57. The summed E-state index contributed by atoms with van der Waals surface area (Å²) in [4.78, 5) is 20.6. The molecule has 0 bridgehead atoms. The first-order valence-corrected chi connectivity index (χ1v) is 11.4. The second-order valence-corrected chi connectivity index (χ2v) is 10.9. The van der Waals surface area contributed by atoms with E-state index in [1.54, 1.807) is 27.0 Å². The molecule has 29 heavy (non-hydrogen) atoms. The SMILES string of the molecule is CN=C(NCc1cccc(C(=O)NCCN(C)C)c1)N1CCS(=O)(=O)C(C)(C)C1. The minimum absolute atomic E-state index is 0.0962. The fourth-order valence-corrected chi connectivity index (χ4v) is 4.52. The Morgan fingerprint density at radius 2 is 2.00 bits per heavy atom. The van der Waals surface area contributed by atoms with E-state index < -0.39 is 14.6 Å². The molecule has 1 amide bonds. The van der Waals surface area contributed by atoms with Gasteiger partial charge in [-0.2, -0.15) is 0 Å². The van der Waals surface area contributed by atoms with Crippen LogP contribution in [-0.4, -0.2) is 87.9 Å². The van der Waals surface area contributed by atoms with Gasteiger partial charge in [-0.25, -0.2) is 8.42 Å². The maximum atomic E-state index is 12.3. The molecule has 162 valence electrons. The van der Waals surface area contributed by atoms with Gasteiger partial charge >= 0.3 is 0 Å². The standard InChI is InChI=1S/C20H33N5O3S/c1-20(2)15-25(11-12-29(20,27)28)19(21-3)23-14-16-7-6-8-17(13-16)18(26)22-9-10-24(4)5/h6-8,13H,9-12,14-15H2,1-5H3,(H,21,23)(H,22,26). The number of sulfone groups is 1. The molecule has 0 aromatic heterocycles. The second-order valence-electron chi connectivity index (χ2n) is 8.16. The molecule has 0 aliphatic carbocycles. The minimum atomic E-state index is -3.10. The lowest BCUT2D eigenvalue weighted by atomic mass is 10.1. The highest BCUT2D eigenvalue weighted by Gasteiger charge is 2.40. The molecule has 1 heterocycles. The second kappa shape index (κ2) is 9.58. The van der Waals surface area contributed by atoms with Gasteiger partial charge in [0.1, 0.15) is 0 Å². The lowest BCUT2D eigenvalue weighted by Gasteiger charge is -2.39. The quantitative estimate of drug-likeness (QED) is 0.513. The van der Waals surface area contributed by atoms with Gasteiger partial charge in [0, 0.05) is 45.3 Å². The number of carbonyl (C=O) groups excluding carboxylic acids is 1. The van der Waals surface area contributed by atoms with Crippen molar-refractivity contribution in [3.63, 3.8) is 0 Å². The number of aliphatic imine (C=N–C) groups is 1. The van der Waals surface area contributed by atoms with Gasteiger partial charge in [0.25, 0.3) is 5.91 Å². The van der Waals surface area contributed by atoms with Crippen LogP contribution in [-0.2, 0) is 16.4 Å². The zero-order valence-electron chi connectivity index (χ0n) is 18.0. The summed E-state index contributed by atoms with van der Waals surface area (Å²) in [5.74, 6) is 0.679. The van der Waals surface area contributed by atoms with Crippen LogP contribution < -0.4 is 10.6 Å². The molecule has 1 aliphatic rings. The Kier molecular flexibility index (Phi) is 7.65. The van der Waals surface area contributed by atoms with Gasteiger partial charge in [-0.15, -0.1) is 0 Å². The van der Waals surface area contributed by atoms with Gasteiger partial charge in [-0.05, 0) is 45.6 Å². The summed E-state index contributed by atoms with van der Waals surface area (Å²) >= 11 is 0. The van der Waals surface area contributed by atoms with Crippen molar-refractivity contribution in [2.45, 2.75) is 25.1 Å². The molecule has 0 radical (unpaired) electrons. The third-order valence-electron chi connectivity index (χ3n) is 5.04. The highest BCUT2D eigenvalue weighted by atomic mass is 32.2. The average Bonchev–Trinajstić information content (AvgIpc) is 2.65. The van der Waals surface area contributed by atoms with E-state index in [0.29, 0.717) is 37.7 Å². The Morgan fingerprint density at radius 1 is 1.28 bits per heavy atom. The van der Waals surface area contributed by atoms with Crippen molar-refractivity contribution in [3.8, 4) is 0 Å². The Morgan fingerprint density at radius 3 is 2.62 bits per heavy atom. The van der Waals surface area contributed by atoms with Crippen molar-refractivity contribution in [2.75, 3.05) is 53.1 Å². The van der Waals surface area contributed by atoms with E-state index in [2.05, 4.69) is 15.6 Å². The molecule has 2 rings (SSSR count). The molecule has 1 aromatic rings. The predicted octanol–water partition coefficient (Wildman–Crippen LogP) is 0.562. The van der Waals surface area contributed by atoms with E-state index in [4.69, 9.17) is 0 Å². The molecule has 0 spiro atoms. The third-order valence-corrected chi connectivity index (χ3v) is 7.57. The Bertz CT molecular complexity index is 849. The van der Waals surface area contributed by atoms with Crippen LogP contribution in [0.1, 0.15) is 29.8 Å². The minimum Gasteiger partial charge on any atom is -0.352 e. The molecule has 0 atom stereocenters. The highest BCUT2D eigenvalue weighted by Crippen LogP contribution is 2.23. The molecule has 1 aromatic carbocycles. The third kappa shape index (κ3) is 6.17. The molecule has 0 saturated carbocycles. The molecule has 8 nitrogen and oxygen atoms in total. The van der Waals surface area contributed by atoms with Crippen LogP contribution in [0.4, 0.5) is 0 Å². The first-order chi connectivity index (χ1) is 13.6. The summed E-state index contributed by atoms with van der Waals surface area (Å²) < 4.78 is 23.6. The van der Waals surface area contributed by atoms with Gasteiger partial charge in [0.15, 0.2) is 15.8 Å². The lowest BCUT2D eigenvalue weighted by molar-refractivity contribution is 0.0951. The summed E-state index contributed by atoms with van der Waals surface area (Å²) in [6, 6.07) is 7.45. The lowest BCUT2D eigenvalue weighted by Crippen LogP contribution is -2.57. The zero-order chi connectivity index (χ0) is 21.7. The number of carbonyl (C=O) groups is 1. The first-order valence-electron chi connectivity index (χ1n) is 9.75. The molecule has 1 saturated heterocycles. The summed E-state index contributed by atoms with van der Waals surface area (Å²) in [6.45, 7) is 6.18. The van der Waals surface area contributed by atoms with Gasteiger partial charge in [0.05, 0.1) is 10.5 Å². The van der Waals surface area contributed by atoms with Crippen molar-refractivity contribution in [1.29, 1.82) is 0 Å². The highest BCUT2D eigenvalue weighted by molar-refractivity contribution is 7.92. The maximum Gasteiger partial charge on any atom is 0.251 e. The van der Waals surface area contributed by atoms with E-state index in [1.165, 1.54) is 0 Å². The van der Waals surface area contributed by atoms with Gasteiger partial charge in [-0.3, -0.25) is 9.79 Å². The number of hydrogen-bond donors (Lipinski definition) is 2. The number of amides is 1. The van der Waals surface area contributed by atoms with Crippen molar-refractivity contribution in [3.05, 3.63) is 35.4 Å².